The largest absolute Gasteiger partial charge is 0.335 e. The molecule has 0 bridgehead atoms. The summed E-state index contributed by atoms with van der Waals surface area (Å²) in [7, 11) is 0. The summed E-state index contributed by atoms with van der Waals surface area (Å²) in [5.74, 6) is 0.593. The Kier molecular flexibility index (Phi) is 5.60. The van der Waals surface area contributed by atoms with Crippen molar-refractivity contribution in [3.05, 3.63) is 50.3 Å². The topological polar surface area (TPSA) is 75.7 Å². The van der Waals surface area contributed by atoms with Crippen molar-refractivity contribution < 1.29 is 4.79 Å². The zero-order valence-corrected chi connectivity index (χ0v) is 20.1. The van der Waals surface area contributed by atoms with Crippen molar-refractivity contribution >= 4 is 43.8 Å². The number of carbonyl (C=O) groups excluding carboxylic acids is 1. The predicted octanol–water partition coefficient (Wildman–Crippen LogP) is 3.09. The minimum absolute atomic E-state index is 0.0452. The molecule has 1 amide bonds. The predicted molar refractivity (Wildman–Crippen MR) is 128 cm³/mol. The van der Waals surface area contributed by atoms with Gasteiger partial charge in [-0.2, -0.15) is 5.10 Å². The van der Waals surface area contributed by atoms with Crippen molar-refractivity contribution in [1.29, 1.82) is 0 Å². The van der Waals surface area contributed by atoms with Crippen LogP contribution in [0.25, 0.3) is 15.2 Å². The van der Waals surface area contributed by atoms with Crippen LogP contribution in [0.3, 0.4) is 0 Å². The third-order valence-corrected chi connectivity index (χ3v) is 7.65. The SMILES string of the molecule is Cc1nn(CC(C)C)c2sc(C(=O)N3CCN(Cc4cc(=O)n5ccsc5n4)CC3)cc12. The first-order chi connectivity index (χ1) is 15.4. The van der Waals surface area contributed by atoms with E-state index in [1.54, 1.807) is 28.0 Å². The molecule has 1 fully saturated rings. The Morgan fingerprint density at radius 3 is 2.72 bits per heavy atom. The molecule has 0 aliphatic carbocycles. The van der Waals surface area contributed by atoms with Gasteiger partial charge in [0.25, 0.3) is 11.5 Å². The molecule has 0 radical (unpaired) electrons. The van der Waals surface area contributed by atoms with Crippen LogP contribution in [0.2, 0.25) is 0 Å². The Hall–Kier alpha value is -2.56. The average molecular weight is 471 g/mol. The number of rotatable bonds is 5. The van der Waals surface area contributed by atoms with Crippen LogP contribution in [0, 0.1) is 12.8 Å². The summed E-state index contributed by atoms with van der Waals surface area (Å²) in [6.07, 6.45) is 1.75. The Labute approximate surface area is 193 Å². The van der Waals surface area contributed by atoms with Crippen molar-refractivity contribution in [3.63, 3.8) is 0 Å². The van der Waals surface area contributed by atoms with Gasteiger partial charge in [-0.1, -0.05) is 13.8 Å². The van der Waals surface area contributed by atoms with E-state index in [0.717, 1.165) is 51.1 Å². The van der Waals surface area contributed by atoms with Gasteiger partial charge in [0.1, 0.15) is 4.83 Å². The van der Waals surface area contributed by atoms with Crippen molar-refractivity contribution in [2.45, 2.75) is 33.9 Å². The van der Waals surface area contributed by atoms with Crippen LogP contribution in [0.15, 0.2) is 28.5 Å². The molecular weight excluding hydrogens is 444 g/mol. The quantitative estimate of drug-likeness (QED) is 0.448. The summed E-state index contributed by atoms with van der Waals surface area (Å²) < 4.78 is 3.60. The first-order valence-corrected chi connectivity index (χ1v) is 12.5. The first-order valence-electron chi connectivity index (χ1n) is 10.8. The van der Waals surface area contributed by atoms with Crippen molar-refractivity contribution in [2.24, 2.45) is 5.92 Å². The summed E-state index contributed by atoms with van der Waals surface area (Å²) in [5.41, 5.74) is 1.72. The zero-order valence-electron chi connectivity index (χ0n) is 18.4. The van der Waals surface area contributed by atoms with E-state index in [-0.39, 0.29) is 11.5 Å². The summed E-state index contributed by atoms with van der Waals surface area (Å²) in [6, 6.07) is 3.61. The molecule has 4 aromatic heterocycles. The van der Waals surface area contributed by atoms with Gasteiger partial charge in [-0.25, -0.2) is 4.98 Å². The molecule has 0 spiro atoms. The highest BCUT2D eigenvalue weighted by molar-refractivity contribution is 7.20. The number of aryl methyl sites for hydroxylation is 1. The third-order valence-electron chi connectivity index (χ3n) is 5.76. The summed E-state index contributed by atoms with van der Waals surface area (Å²) >= 11 is 3.01. The highest BCUT2D eigenvalue weighted by Crippen LogP contribution is 2.30. The van der Waals surface area contributed by atoms with E-state index < -0.39 is 0 Å². The summed E-state index contributed by atoms with van der Waals surface area (Å²) in [4.78, 5) is 36.8. The molecule has 1 aliphatic heterocycles. The second-order valence-corrected chi connectivity index (χ2v) is 10.6. The van der Waals surface area contributed by atoms with Crippen LogP contribution in [0.1, 0.15) is 34.9 Å². The van der Waals surface area contributed by atoms with Crippen LogP contribution >= 0.6 is 22.7 Å². The lowest BCUT2D eigenvalue weighted by atomic mass is 10.2. The number of fused-ring (bicyclic) bond motifs is 2. The zero-order chi connectivity index (χ0) is 22.4. The van der Waals surface area contributed by atoms with E-state index in [2.05, 4.69) is 28.8 Å². The van der Waals surface area contributed by atoms with Gasteiger partial charge in [0, 0.05) is 62.3 Å². The smallest absolute Gasteiger partial charge is 0.264 e. The van der Waals surface area contributed by atoms with Crippen LogP contribution in [0.5, 0.6) is 0 Å². The van der Waals surface area contributed by atoms with Gasteiger partial charge < -0.3 is 4.90 Å². The fourth-order valence-corrected chi connectivity index (χ4v) is 6.03. The van der Waals surface area contributed by atoms with Gasteiger partial charge in [-0.15, -0.1) is 22.7 Å². The van der Waals surface area contributed by atoms with Crippen LogP contribution < -0.4 is 5.56 Å². The fourth-order valence-electron chi connectivity index (χ4n) is 4.15. The second-order valence-electron chi connectivity index (χ2n) is 8.70. The van der Waals surface area contributed by atoms with E-state index in [1.165, 1.54) is 11.3 Å². The average Bonchev–Trinajstić information content (AvgIpc) is 3.46. The minimum Gasteiger partial charge on any atom is -0.335 e. The van der Waals surface area contributed by atoms with Gasteiger partial charge >= 0.3 is 0 Å². The lowest BCUT2D eigenvalue weighted by Crippen LogP contribution is -2.48. The number of thiophene rings is 1. The van der Waals surface area contributed by atoms with Gasteiger partial charge in [-0.3, -0.25) is 23.6 Å². The van der Waals surface area contributed by atoms with Gasteiger partial charge in [0.2, 0.25) is 0 Å². The Morgan fingerprint density at radius 2 is 1.97 bits per heavy atom. The van der Waals surface area contributed by atoms with Gasteiger partial charge in [0.15, 0.2) is 4.96 Å². The van der Waals surface area contributed by atoms with E-state index in [9.17, 15) is 9.59 Å². The summed E-state index contributed by atoms with van der Waals surface area (Å²) in [5, 5.41) is 7.59. The van der Waals surface area contributed by atoms with E-state index in [4.69, 9.17) is 0 Å². The number of hydrogen-bond donors (Lipinski definition) is 0. The van der Waals surface area contributed by atoms with E-state index in [0.29, 0.717) is 25.6 Å². The van der Waals surface area contributed by atoms with Crippen molar-refractivity contribution in [1.82, 2.24) is 29.0 Å². The molecular formula is C22H26N6O2S2. The molecule has 1 aliphatic rings. The molecule has 0 saturated carbocycles. The van der Waals surface area contributed by atoms with Crippen LogP contribution in [-0.4, -0.2) is 61.1 Å². The molecule has 32 heavy (non-hydrogen) atoms. The maximum atomic E-state index is 13.2. The molecule has 0 N–H and O–H groups in total. The maximum Gasteiger partial charge on any atom is 0.264 e. The molecule has 0 aromatic carbocycles. The van der Waals surface area contributed by atoms with Gasteiger partial charge in [0.05, 0.1) is 16.3 Å². The highest BCUT2D eigenvalue weighted by Gasteiger charge is 2.25. The van der Waals surface area contributed by atoms with E-state index in [1.807, 2.05) is 28.0 Å². The first kappa shape index (κ1) is 21.3. The standard InChI is InChI=1S/C22H26N6O2S2/c1-14(2)12-28-21-17(15(3)24-28)11-18(32-21)20(30)26-6-4-25(5-7-26)13-16-10-19(29)27-8-9-31-22(27)23-16/h8-11,14H,4-7,12-13H2,1-3H3. The number of thiazole rings is 1. The molecule has 8 nitrogen and oxygen atoms in total. The van der Waals surface area contributed by atoms with Crippen LogP contribution in [0.4, 0.5) is 0 Å². The lowest BCUT2D eigenvalue weighted by molar-refractivity contribution is 0.0632. The molecule has 1 saturated heterocycles. The van der Waals surface area contributed by atoms with E-state index >= 15 is 0 Å². The Morgan fingerprint density at radius 1 is 1.19 bits per heavy atom. The second kappa shape index (κ2) is 8.42. The number of nitrogens with zero attached hydrogens (tertiary/aromatic N) is 6. The summed E-state index contributed by atoms with van der Waals surface area (Å²) in [6.45, 7) is 10.7. The lowest BCUT2D eigenvalue weighted by Gasteiger charge is -2.34. The van der Waals surface area contributed by atoms with Crippen LogP contribution in [-0.2, 0) is 13.1 Å². The Bertz CT molecular complexity index is 1340. The molecule has 0 unspecified atom stereocenters. The van der Waals surface area contributed by atoms with Gasteiger partial charge in [-0.05, 0) is 18.9 Å². The molecule has 4 aromatic rings. The highest BCUT2D eigenvalue weighted by atomic mass is 32.1. The van der Waals surface area contributed by atoms with Crippen molar-refractivity contribution in [2.75, 3.05) is 26.2 Å². The van der Waals surface area contributed by atoms with Crippen molar-refractivity contribution in [3.8, 4) is 0 Å². The minimum atomic E-state index is -0.0452. The number of amides is 1. The number of hydrogen-bond acceptors (Lipinski definition) is 7. The molecule has 0 atom stereocenters. The molecule has 10 heteroatoms. The third kappa shape index (κ3) is 3.98. The Balaban J connectivity index is 1.25. The number of piperazine rings is 1. The number of aromatic nitrogens is 4. The fraction of sp³-hybridized carbons (Fsp3) is 0.455. The maximum absolute atomic E-state index is 13.2. The molecule has 5 heterocycles. The normalized spacial score (nSPS) is 15.4. The molecule has 168 valence electrons. The number of carbonyl (C=O) groups is 1. The monoisotopic (exact) mass is 470 g/mol. The molecule has 5 rings (SSSR count).